The molecule has 3 rings (SSSR count). The van der Waals surface area contributed by atoms with Crippen molar-refractivity contribution in [1.82, 2.24) is 10.3 Å². The van der Waals surface area contributed by atoms with Crippen LogP contribution in [0.15, 0.2) is 18.3 Å². The van der Waals surface area contributed by atoms with Gasteiger partial charge in [0.2, 0.25) is 0 Å². The molecule has 4 nitrogen and oxygen atoms in total. The fourth-order valence-corrected chi connectivity index (χ4v) is 4.07. The maximum atomic E-state index is 12.2. The summed E-state index contributed by atoms with van der Waals surface area (Å²) in [5, 5.41) is 3.86. The summed E-state index contributed by atoms with van der Waals surface area (Å²) in [5.74, 6) is 0.808. The second-order valence-electron chi connectivity index (χ2n) is 5.75. The number of aromatic nitrogens is 1. The van der Waals surface area contributed by atoms with Crippen molar-refractivity contribution in [2.24, 2.45) is 5.92 Å². The smallest absolute Gasteiger partial charge is 0.263 e. The van der Waals surface area contributed by atoms with Gasteiger partial charge in [-0.05, 0) is 30.9 Å². The molecule has 0 radical (unpaired) electrons. The molecule has 0 unspecified atom stereocenters. The summed E-state index contributed by atoms with van der Waals surface area (Å²) in [5.41, 5.74) is 6.61. The third-order valence-corrected chi connectivity index (χ3v) is 5.39. The molecular weight excluding hydrogens is 282 g/mol. The average Bonchev–Trinajstić information content (AvgIpc) is 3.12. The van der Waals surface area contributed by atoms with Crippen molar-refractivity contribution in [3.63, 3.8) is 0 Å². The number of fused-ring (bicyclic) bond motifs is 1. The molecule has 0 saturated heterocycles. The van der Waals surface area contributed by atoms with Crippen molar-refractivity contribution in [3.05, 3.63) is 23.2 Å². The Morgan fingerprint density at radius 3 is 3.00 bits per heavy atom. The predicted molar refractivity (Wildman–Crippen MR) is 87.6 cm³/mol. The first kappa shape index (κ1) is 14.3. The van der Waals surface area contributed by atoms with Gasteiger partial charge in [0.1, 0.15) is 9.71 Å². The summed E-state index contributed by atoms with van der Waals surface area (Å²) in [6.07, 6.45) is 9.49. The zero-order valence-electron chi connectivity index (χ0n) is 12.1. The molecule has 0 spiro atoms. The van der Waals surface area contributed by atoms with Crippen LogP contribution in [0.25, 0.3) is 10.2 Å². The van der Waals surface area contributed by atoms with E-state index in [2.05, 4.69) is 10.3 Å². The van der Waals surface area contributed by atoms with Crippen molar-refractivity contribution < 1.29 is 4.79 Å². The molecule has 0 bridgehead atoms. The molecule has 0 atom stereocenters. The van der Waals surface area contributed by atoms with E-state index in [9.17, 15) is 4.79 Å². The quantitative estimate of drug-likeness (QED) is 0.830. The number of nitrogens with two attached hydrogens (primary N) is 1. The van der Waals surface area contributed by atoms with Crippen molar-refractivity contribution in [3.8, 4) is 0 Å². The van der Waals surface area contributed by atoms with Crippen LogP contribution in [-0.4, -0.2) is 17.4 Å². The van der Waals surface area contributed by atoms with Crippen molar-refractivity contribution >= 4 is 33.1 Å². The number of carbonyl (C=O) groups is 1. The molecular formula is C16H21N3OS. The minimum Gasteiger partial charge on any atom is -0.397 e. The number of hydrogen-bond donors (Lipinski definition) is 2. The Bertz CT molecular complexity index is 631. The Balaban J connectivity index is 1.55. The number of thiophene rings is 1. The van der Waals surface area contributed by atoms with Gasteiger partial charge >= 0.3 is 0 Å². The molecule has 1 amide bonds. The lowest BCUT2D eigenvalue weighted by Gasteiger charge is -2.09. The summed E-state index contributed by atoms with van der Waals surface area (Å²) >= 11 is 1.37. The second-order valence-corrected chi connectivity index (χ2v) is 6.75. The first-order valence-electron chi connectivity index (χ1n) is 7.67. The van der Waals surface area contributed by atoms with Crippen LogP contribution in [0, 0.1) is 5.92 Å². The van der Waals surface area contributed by atoms with E-state index in [1.807, 2.05) is 12.1 Å². The van der Waals surface area contributed by atoms with Gasteiger partial charge in [-0.15, -0.1) is 11.3 Å². The van der Waals surface area contributed by atoms with Crippen LogP contribution in [0.4, 0.5) is 5.69 Å². The van der Waals surface area contributed by atoms with Crippen LogP contribution >= 0.6 is 11.3 Å². The fraction of sp³-hybridized carbons (Fsp3) is 0.500. The van der Waals surface area contributed by atoms with Crippen LogP contribution in [0.5, 0.6) is 0 Å². The summed E-state index contributed by atoms with van der Waals surface area (Å²) in [6.45, 7) is 0.733. The maximum absolute atomic E-state index is 12.2. The van der Waals surface area contributed by atoms with Gasteiger partial charge in [-0.3, -0.25) is 4.79 Å². The Kier molecular flexibility index (Phi) is 4.39. The third-order valence-electron chi connectivity index (χ3n) is 4.26. The van der Waals surface area contributed by atoms with Crippen molar-refractivity contribution in [1.29, 1.82) is 0 Å². The van der Waals surface area contributed by atoms with Crippen LogP contribution < -0.4 is 11.1 Å². The Labute approximate surface area is 128 Å². The Morgan fingerprint density at radius 1 is 1.43 bits per heavy atom. The largest absolute Gasteiger partial charge is 0.397 e. The molecule has 1 fully saturated rings. The van der Waals surface area contributed by atoms with Gasteiger partial charge in [0, 0.05) is 18.1 Å². The fourth-order valence-electron chi connectivity index (χ4n) is 3.09. The number of pyridine rings is 1. The van der Waals surface area contributed by atoms with Gasteiger partial charge in [-0.25, -0.2) is 4.98 Å². The molecule has 21 heavy (non-hydrogen) atoms. The van der Waals surface area contributed by atoms with Gasteiger partial charge in [-0.1, -0.05) is 25.7 Å². The maximum Gasteiger partial charge on any atom is 0.263 e. The van der Waals surface area contributed by atoms with E-state index in [4.69, 9.17) is 5.73 Å². The van der Waals surface area contributed by atoms with Gasteiger partial charge in [-0.2, -0.15) is 0 Å². The molecule has 1 aliphatic carbocycles. The molecule has 0 aromatic carbocycles. The van der Waals surface area contributed by atoms with E-state index < -0.39 is 0 Å². The summed E-state index contributed by atoms with van der Waals surface area (Å²) in [4.78, 5) is 17.9. The minimum atomic E-state index is -0.0677. The van der Waals surface area contributed by atoms with E-state index in [0.29, 0.717) is 10.6 Å². The predicted octanol–water partition coefficient (Wildman–Crippen LogP) is 3.58. The first-order chi connectivity index (χ1) is 10.3. The molecule has 2 heterocycles. The lowest BCUT2D eigenvalue weighted by Crippen LogP contribution is -2.24. The van der Waals surface area contributed by atoms with E-state index in [1.165, 1.54) is 43.4 Å². The zero-order valence-corrected chi connectivity index (χ0v) is 12.9. The van der Waals surface area contributed by atoms with Gasteiger partial charge in [0.25, 0.3) is 5.91 Å². The molecule has 0 aliphatic heterocycles. The highest BCUT2D eigenvalue weighted by molar-refractivity contribution is 7.21. The minimum absolute atomic E-state index is 0.0677. The molecule has 1 saturated carbocycles. The van der Waals surface area contributed by atoms with Crippen molar-refractivity contribution in [2.75, 3.05) is 12.3 Å². The molecule has 3 N–H and O–H groups in total. The summed E-state index contributed by atoms with van der Waals surface area (Å²) < 4.78 is 0. The van der Waals surface area contributed by atoms with Crippen molar-refractivity contribution in [2.45, 2.75) is 38.5 Å². The summed E-state index contributed by atoms with van der Waals surface area (Å²) in [7, 11) is 0. The number of rotatable bonds is 5. The SMILES string of the molecule is Nc1c(C(=O)NCCCC2CCCC2)sc2ncccc12. The molecule has 2 aromatic rings. The van der Waals surface area contributed by atoms with Gasteiger partial charge in [0.15, 0.2) is 0 Å². The summed E-state index contributed by atoms with van der Waals surface area (Å²) in [6, 6.07) is 3.75. The highest BCUT2D eigenvalue weighted by Crippen LogP contribution is 2.32. The lowest BCUT2D eigenvalue weighted by molar-refractivity contribution is 0.0957. The van der Waals surface area contributed by atoms with Crippen LogP contribution in [0.3, 0.4) is 0 Å². The molecule has 1 aliphatic rings. The standard InChI is InChI=1S/C16H21N3OS/c17-13-12-8-4-10-19-16(12)21-14(13)15(20)18-9-3-7-11-5-1-2-6-11/h4,8,10-11H,1-3,5-7,9,17H2,(H,18,20). The van der Waals surface area contributed by atoms with E-state index in [1.54, 1.807) is 6.20 Å². The average molecular weight is 303 g/mol. The van der Waals surface area contributed by atoms with E-state index in [-0.39, 0.29) is 5.91 Å². The first-order valence-corrected chi connectivity index (χ1v) is 8.48. The van der Waals surface area contributed by atoms with Gasteiger partial charge < -0.3 is 11.1 Å². The Morgan fingerprint density at radius 2 is 2.24 bits per heavy atom. The highest BCUT2D eigenvalue weighted by Gasteiger charge is 2.17. The van der Waals surface area contributed by atoms with Crippen LogP contribution in [0.1, 0.15) is 48.2 Å². The topological polar surface area (TPSA) is 68.0 Å². The van der Waals surface area contributed by atoms with E-state index in [0.717, 1.165) is 29.1 Å². The number of anilines is 1. The molecule has 5 heteroatoms. The zero-order chi connectivity index (χ0) is 14.7. The molecule has 112 valence electrons. The molecule has 2 aromatic heterocycles. The van der Waals surface area contributed by atoms with E-state index >= 15 is 0 Å². The number of hydrogen-bond acceptors (Lipinski definition) is 4. The normalized spacial score (nSPS) is 15.6. The van der Waals surface area contributed by atoms with Crippen LogP contribution in [-0.2, 0) is 0 Å². The number of amides is 1. The second kappa shape index (κ2) is 6.43. The number of nitrogens with zero attached hydrogens (tertiary/aromatic N) is 1. The monoisotopic (exact) mass is 303 g/mol. The Hall–Kier alpha value is -1.62. The number of nitrogen functional groups attached to an aromatic ring is 1. The van der Waals surface area contributed by atoms with Gasteiger partial charge in [0.05, 0.1) is 5.69 Å². The van der Waals surface area contributed by atoms with Crippen LogP contribution in [0.2, 0.25) is 0 Å². The highest BCUT2D eigenvalue weighted by atomic mass is 32.1. The lowest BCUT2D eigenvalue weighted by atomic mass is 10.0. The number of nitrogens with one attached hydrogen (secondary N) is 1. The third kappa shape index (κ3) is 3.18. The number of carbonyl (C=O) groups excluding carboxylic acids is 1.